The lowest BCUT2D eigenvalue weighted by Crippen LogP contribution is -2.33. The largest absolute Gasteiger partial charge is 0.465 e. The van der Waals surface area contributed by atoms with Crippen molar-refractivity contribution < 1.29 is 14.3 Å². The second-order valence-corrected chi connectivity index (χ2v) is 4.26. The van der Waals surface area contributed by atoms with Crippen molar-refractivity contribution in [2.24, 2.45) is 0 Å². The molecule has 0 saturated heterocycles. The smallest absolute Gasteiger partial charge is 0.197 e. The van der Waals surface area contributed by atoms with Gasteiger partial charge in [-0.1, -0.05) is 6.58 Å². The van der Waals surface area contributed by atoms with Crippen molar-refractivity contribution in [2.75, 3.05) is 0 Å². The summed E-state index contributed by atoms with van der Waals surface area (Å²) >= 11 is 0. The Bertz CT molecular complexity index is 440. The molecule has 1 aliphatic heterocycles. The van der Waals surface area contributed by atoms with Gasteiger partial charge in [0.05, 0.1) is 6.10 Å². The average molecular weight is 220 g/mol. The average Bonchev–Trinajstić information content (AvgIpc) is 2.22. The zero-order valence-corrected chi connectivity index (χ0v) is 10.1. The summed E-state index contributed by atoms with van der Waals surface area (Å²) in [6, 6.07) is 0. The topological polar surface area (TPSA) is 35.5 Å². The molecule has 2 rings (SSSR count). The summed E-state index contributed by atoms with van der Waals surface area (Å²) in [5, 5.41) is 0. The molecular formula is C13H16O3. The van der Waals surface area contributed by atoms with Crippen LogP contribution in [-0.2, 0) is 14.3 Å². The molecule has 0 fully saturated rings. The molecule has 86 valence electrons. The van der Waals surface area contributed by atoms with Gasteiger partial charge in [-0.15, -0.1) is 0 Å². The lowest BCUT2D eigenvalue weighted by molar-refractivity contribution is -0.142. The summed E-state index contributed by atoms with van der Waals surface area (Å²) in [5.41, 5.74) is 2.91. The van der Waals surface area contributed by atoms with E-state index in [9.17, 15) is 4.79 Å². The first-order valence-electron chi connectivity index (χ1n) is 5.41. The monoisotopic (exact) mass is 220 g/mol. The van der Waals surface area contributed by atoms with Crippen LogP contribution in [0.25, 0.3) is 0 Å². The van der Waals surface area contributed by atoms with Gasteiger partial charge in [0, 0.05) is 16.7 Å². The summed E-state index contributed by atoms with van der Waals surface area (Å²) in [7, 11) is 0. The number of rotatable bonds is 0. The Balaban J connectivity index is 2.59. The van der Waals surface area contributed by atoms with Crippen LogP contribution in [0.3, 0.4) is 0 Å². The van der Waals surface area contributed by atoms with E-state index in [4.69, 9.17) is 9.47 Å². The molecule has 3 heteroatoms. The van der Waals surface area contributed by atoms with Crippen LogP contribution < -0.4 is 0 Å². The van der Waals surface area contributed by atoms with E-state index in [2.05, 4.69) is 6.58 Å². The van der Waals surface area contributed by atoms with Crippen molar-refractivity contribution in [1.29, 1.82) is 0 Å². The summed E-state index contributed by atoms with van der Waals surface area (Å²) in [6.07, 6.45) is -0.421. The maximum Gasteiger partial charge on any atom is 0.197 e. The maximum atomic E-state index is 11.9. The molecule has 0 N–H and O–H groups in total. The predicted octanol–water partition coefficient (Wildman–Crippen LogP) is 2.50. The van der Waals surface area contributed by atoms with Crippen LogP contribution in [0.5, 0.6) is 0 Å². The van der Waals surface area contributed by atoms with Gasteiger partial charge in [0.1, 0.15) is 5.76 Å². The van der Waals surface area contributed by atoms with Crippen molar-refractivity contribution in [1.82, 2.24) is 0 Å². The molecule has 0 bridgehead atoms. The van der Waals surface area contributed by atoms with Gasteiger partial charge in [-0.3, -0.25) is 4.79 Å². The number of carbonyl (C=O) groups excluding carboxylic acids is 1. The Labute approximate surface area is 95.4 Å². The summed E-state index contributed by atoms with van der Waals surface area (Å²) in [6.45, 7) is 11.3. The normalized spacial score (nSPS) is 30.5. The van der Waals surface area contributed by atoms with Crippen LogP contribution >= 0.6 is 0 Å². The molecular weight excluding hydrogens is 204 g/mol. The number of carbonyl (C=O) groups is 1. The molecule has 0 saturated carbocycles. The Morgan fingerprint density at radius 3 is 2.44 bits per heavy atom. The van der Waals surface area contributed by atoms with E-state index in [1.807, 2.05) is 20.8 Å². The van der Waals surface area contributed by atoms with E-state index in [1.165, 1.54) is 0 Å². The zero-order valence-electron chi connectivity index (χ0n) is 10.1. The molecule has 0 aromatic rings. The standard InChI is InChI=1S/C13H16O3/c1-6-7(2)13-11(8(3)12(6)14)9(4)15-10(5)16-13/h9-10H,3H2,1-2,4-5H3/t9-,10?/m1/s1. The number of ether oxygens (including phenoxy) is 2. The Hall–Kier alpha value is -1.35. The molecule has 1 aliphatic carbocycles. The Morgan fingerprint density at radius 2 is 1.81 bits per heavy atom. The summed E-state index contributed by atoms with van der Waals surface area (Å²) < 4.78 is 11.2. The van der Waals surface area contributed by atoms with E-state index in [-0.39, 0.29) is 18.2 Å². The lowest BCUT2D eigenvalue weighted by atomic mass is 9.85. The van der Waals surface area contributed by atoms with E-state index >= 15 is 0 Å². The first kappa shape index (κ1) is 11.1. The van der Waals surface area contributed by atoms with Crippen LogP contribution in [-0.4, -0.2) is 18.2 Å². The lowest BCUT2D eigenvalue weighted by Gasteiger charge is -2.35. The van der Waals surface area contributed by atoms with E-state index in [0.717, 1.165) is 16.9 Å². The molecule has 2 aliphatic rings. The number of allylic oxidation sites excluding steroid dienone is 2. The molecule has 0 spiro atoms. The highest BCUT2D eigenvalue weighted by atomic mass is 16.7. The second-order valence-electron chi connectivity index (χ2n) is 4.26. The van der Waals surface area contributed by atoms with Crippen molar-refractivity contribution in [3.05, 3.63) is 34.6 Å². The van der Waals surface area contributed by atoms with E-state index in [1.54, 1.807) is 6.92 Å². The second kappa shape index (κ2) is 3.59. The van der Waals surface area contributed by atoms with Gasteiger partial charge in [0.15, 0.2) is 12.1 Å². The van der Waals surface area contributed by atoms with Crippen molar-refractivity contribution >= 4 is 5.78 Å². The van der Waals surface area contributed by atoms with Gasteiger partial charge >= 0.3 is 0 Å². The number of ketones is 1. The third-order valence-electron chi connectivity index (χ3n) is 3.17. The fraction of sp³-hybridized carbons (Fsp3) is 0.462. The van der Waals surface area contributed by atoms with Gasteiger partial charge in [0.25, 0.3) is 0 Å². The quantitative estimate of drug-likeness (QED) is 0.588. The molecule has 0 aromatic carbocycles. The van der Waals surface area contributed by atoms with Gasteiger partial charge < -0.3 is 9.47 Å². The van der Waals surface area contributed by atoms with Gasteiger partial charge in [0.2, 0.25) is 0 Å². The molecule has 0 radical (unpaired) electrons. The van der Waals surface area contributed by atoms with Crippen LogP contribution in [0.15, 0.2) is 34.6 Å². The van der Waals surface area contributed by atoms with Crippen molar-refractivity contribution in [2.45, 2.75) is 40.1 Å². The van der Waals surface area contributed by atoms with Crippen LogP contribution in [0.4, 0.5) is 0 Å². The van der Waals surface area contributed by atoms with Crippen molar-refractivity contribution in [3.63, 3.8) is 0 Å². The minimum absolute atomic E-state index is 0.00940. The number of Topliss-reactive ketones (excluding diaryl/α,β-unsaturated/α-hetero) is 1. The Morgan fingerprint density at radius 1 is 1.19 bits per heavy atom. The maximum absolute atomic E-state index is 11.9. The zero-order chi connectivity index (χ0) is 12.0. The van der Waals surface area contributed by atoms with Gasteiger partial charge in [-0.05, 0) is 33.3 Å². The molecule has 0 aromatic heterocycles. The van der Waals surface area contributed by atoms with E-state index in [0.29, 0.717) is 11.1 Å². The molecule has 2 atom stereocenters. The third-order valence-corrected chi connectivity index (χ3v) is 3.17. The first-order chi connectivity index (χ1) is 7.43. The highest BCUT2D eigenvalue weighted by Crippen LogP contribution is 2.38. The highest BCUT2D eigenvalue weighted by Gasteiger charge is 2.35. The summed E-state index contributed by atoms with van der Waals surface area (Å²) in [4.78, 5) is 11.9. The molecule has 0 amide bonds. The highest BCUT2D eigenvalue weighted by molar-refractivity contribution is 6.13. The van der Waals surface area contributed by atoms with Crippen LogP contribution in [0, 0.1) is 0 Å². The van der Waals surface area contributed by atoms with Crippen molar-refractivity contribution in [3.8, 4) is 0 Å². The predicted molar refractivity (Wildman–Crippen MR) is 60.6 cm³/mol. The minimum atomic E-state index is -0.280. The third kappa shape index (κ3) is 1.43. The SMILES string of the molecule is C=C1C(=O)C(C)=C(C)C2=C1[C@@H](C)OC(C)O2. The fourth-order valence-corrected chi connectivity index (χ4v) is 2.16. The number of hydrogen-bond acceptors (Lipinski definition) is 3. The Kier molecular flexibility index (Phi) is 2.50. The van der Waals surface area contributed by atoms with Gasteiger partial charge in [-0.2, -0.15) is 0 Å². The minimum Gasteiger partial charge on any atom is -0.465 e. The molecule has 1 unspecified atom stereocenters. The van der Waals surface area contributed by atoms with E-state index < -0.39 is 0 Å². The molecule has 16 heavy (non-hydrogen) atoms. The molecule has 3 nitrogen and oxygen atoms in total. The molecule has 1 heterocycles. The first-order valence-corrected chi connectivity index (χ1v) is 5.41. The number of hydrogen-bond donors (Lipinski definition) is 0. The van der Waals surface area contributed by atoms with Crippen LogP contribution in [0.2, 0.25) is 0 Å². The fourth-order valence-electron chi connectivity index (χ4n) is 2.16. The van der Waals surface area contributed by atoms with Crippen LogP contribution in [0.1, 0.15) is 27.7 Å². The van der Waals surface area contributed by atoms with Gasteiger partial charge in [-0.25, -0.2) is 0 Å². The summed E-state index contributed by atoms with van der Waals surface area (Å²) in [5.74, 6) is 0.762.